The van der Waals surface area contributed by atoms with E-state index in [4.69, 9.17) is 0 Å². The molecular formula is C11H18N4O3. The van der Waals surface area contributed by atoms with Crippen molar-refractivity contribution in [3.8, 4) is 0 Å². The van der Waals surface area contributed by atoms with Gasteiger partial charge in [-0.1, -0.05) is 0 Å². The Morgan fingerprint density at radius 3 is 3.00 bits per heavy atom. The highest BCUT2D eigenvalue weighted by Crippen LogP contribution is 2.32. The Labute approximate surface area is 105 Å². The summed E-state index contributed by atoms with van der Waals surface area (Å²) in [6.07, 6.45) is 3.60. The molecule has 7 heteroatoms. The maximum atomic E-state index is 10.5. The van der Waals surface area contributed by atoms with Gasteiger partial charge in [0.15, 0.2) is 0 Å². The summed E-state index contributed by atoms with van der Waals surface area (Å²) in [4.78, 5) is 12.0. The summed E-state index contributed by atoms with van der Waals surface area (Å²) in [6, 6.07) is 1.39. The minimum atomic E-state index is -0.503. The van der Waals surface area contributed by atoms with Crippen molar-refractivity contribution in [3.63, 3.8) is 0 Å². The van der Waals surface area contributed by atoms with E-state index in [0.717, 1.165) is 12.8 Å². The molecule has 1 aromatic heterocycles. The molecule has 1 unspecified atom stereocenters. The average Bonchev–Trinajstić information content (AvgIpc) is 3.05. The van der Waals surface area contributed by atoms with Gasteiger partial charge in [-0.05, 0) is 30.7 Å². The van der Waals surface area contributed by atoms with Crippen LogP contribution in [0.4, 0.5) is 5.82 Å². The van der Waals surface area contributed by atoms with Crippen molar-refractivity contribution in [2.45, 2.75) is 25.5 Å². The third kappa shape index (κ3) is 3.51. The van der Waals surface area contributed by atoms with E-state index in [9.17, 15) is 15.2 Å². The summed E-state index contributed by atoms with van der Waals surface area (Å²) in [5, 5.41) is 24.1. The molecule has 0 bridgehead atoms. The molecule has 100 valence electrons. The van der Waals surface area contributed by atoms with Gasteiger partial charge in [-0.3, -0.25) is 0 Å². The van der Waals surface area contributed by atoms with Crippen molar-refractivity contribution in [2.75, 3.05) is 20.1 Å². The molecule has 1 N–H and O–H groups in total. The van der Waals surface area contributed by atoms with Crippen LogP contribution < -0.4 is 0 Å². The van der Waals surface area contributed by atoms with Crippen LogP contribution in [0.15, 0.2) is 12.3 Å². The number of aromatic nitrogens is 2. The number of nitrogens with zero attached hydrogens (tertiary/aromatic N) is 4. The summed E-state index contributed by atoms with van der Waals surface area (Å²) in [6.45, 7) is 1.94. The van der Waals surface area contributed by atoms with E-state index in [-0.39, 0.29) is 11.9 Å². The molecule has 7 nitrogen and oxygen atoms in total. The van der Waals surface area contributed by atoms with E-state index in [1.807, 2.05) is 11.9 Å². The van der Waals surface area contributed by atoms with Gasteiger partial charge in [-0.15, -0.1) is 0 Å². The highest BCUT2D eigenvalue weighted by molar-refractivity contribution is 5.13. The molecule has 0 saturated heterocycles. The normalized spacial score (nSPS) is 17.1. The SMILES string of the molecule is CN(CCn1ccc([N+](=O)[O-])n1)CC(O)C1CC1. The summed E-state index contributed by atoms with van der Waals surface area (Å²) in [5.74, 6) is 0.342. The number of rotatable bonds is 7. The Kier molecular flexibility index (Phi) is 3.93. The van der Waals surface area contributed by atoms with Gasteiger partial charge >= 0.3 is 5.82 Å². The van der Waals surface area contributed by atoms with Crippen LogP contribution in [0.5, 0.6) is 0 Å². The predicted octanol–water partition coefficient (Wildman–Crippen LogP) is 0.494. The zero-order valence-electron chi connectivity index (χ0n) is 10.4. The molecule has 1 aromatic rings. The Morgan fingerprint density at radius 1 is 1.72 bits per heavy atom. The van der Waals surface area contributed by atoms with Crippen molar-refractivity contribution >= 4 is 5.82 Å². The topological polar surface area (TPSA) is 84.4 Å². The Morgan fingerprint density at radius 2 is 2.44 bits per heavy atom. The maximum absolute atomic E-state index is 10.5. The van der Waals surface area contributed by atoms with Gasteiger partial charge < -0.3 is 20.1 Å². The summed E-state index contributed by atoms with van der Waals surface area (Å²) < 4.78 is 1.55. The van der Waals surface area contributed by atoms with Crippen molar-refractivity contribution in [1.29, 1.82) is 0 Å². The predicted molar refractivity (Wildman–Crippen MR) is 65.1 cm³/mol. The molecule has 0 radical (unpaired) electrons. The van der Waals surface area contributed by atoms with Crippen LogP contribution in [-0.2, 0) is 6.54 Å². The fourth-order valence-corrected chi connectivity index (χ4v) is 1.89. The maximum Gasteiger partial charge on any atom is 0.389 e. The zero-order chi connectivity index (χ0) is 13.1. The van der Waals surface area contributed by atoms with Crippen LogP contribution in [-0.4, -0.2) is 51.0 Å². The van der Waals surface area contributed by atoms with Gasteiger partial charge in [0.2, 0.25) is 0 Å². The second-order valence-electron chi connectivity index (χ2n) is 4.86. The number of likely N-dealkylation sites (N-methyl/N-ethyl adjacent to an activating group) is 1. The number of hydrogen-bond acceptors (Lipinski definition) is 5. The highest BCUT2D eigenvalue weighted by atomic mass is 16.6. The third-order valence-electron chi connectivity index (χ3n) is 3.19. The quantitative estimate of drug-likeness (QED) is 0.565. The molecule has 2 rings (SSSR count). The first-order chi connectivity index (χ1) is 8.56. The van der Waals surface area contributed by atoms with Gasteiger partial charge in [-0.25, -0.2) is 0 Å². The second kappa shape index (κ2) is 5.45. The number of aliphatic hydroxyl groups excluding tert-OH is 1. The smallest absolute Gasteiger partial charge is 0.389 e. The molecule has 0 amide bonds. The standard InChI is InChI=1S/C11H18N4O3/c1-13(8-10(16)9-2-3-9)6-7-14-5-4-11(12-14)15(17)18/h4-5,9-10,16H,2-3,6-8H2,1H3. The molecule has 1 heterocycles. The highest BCUT2D eigenvalue weighted by Gasteiger charge is 2.30. The van der Waals surface area contributed by atoms with E-state index < -0.39 is 4.92 Å². The molecule has 1 saturated carbocycles. The molecule has 0 spiro atoms. The molecular weight excluding hydrogens is 236 g/mol. The van der Waals surface area contributed by atoms with Crippen LogP contribution >= 0.6 is 0 Å². The van der Waals surface area contributed by atoms with E-state index >= 15 is 0 Å². The molecule has 1 fully saturated rings. The second-order valence-corrected chi connectivity index (χ2v) is 4.86. The molecule has 1 aliphatic rings. The minimum Gasteiger partial charge on any atom is -0.392 e. The average molecular weight is 254 g/mol. The van der Waals surface area contributed by atoms with Crippen LogP contribution in [0.3, 0.4) is 0 Å². The summed E-state index contributed by atoms with van der Waals surface area (Å²) in [7, 11) is 1.93. The van der Waals surface area contributed by atoms with Crippen molar-refractivity contribution < 1.29 is 10.0 Å². The number of hydrogen-bond donors (Lipinski definition) is 1. The molecule has 1 atom stereocenters. The van der Waals surface area contributed by atoms with Crippen LogP contribution in [0.2, 0.25) is 0 Å². The first-order valence-corrected chi connectivity index (χ1v) is 6.10. The summed E-state index contributed by atoms with van der Waals surface area (Å²) in [5.41, 5.74) is 0. The Bertz CT molecular complexity index is 416. The van der Waals surface area contributed by atoms with Gasteiger partial charge in [-0.2, -0.15) is 4.68 Å². The van der Waals surface area contributed by atoms with E-state index in [0.29, 0.717) is 25.6 Å². The molecule has 0 aliphatic heterocycles. The lowest BCUT2D eigenvalue weighted by Gasteiger charge is -2.19. The van der Waals surface area contributed by atoms with Crippen LogP contribution in [0.1, 0.15) is 12.8 Å². The lowest BCUT2D eigenvalue weighted by atomic mass is 10.2. The van der Waals surface area contributed by atoms with E-state index in [1.54, 1.807) is 10.9 Å². The first kappa shape index (κ1) is 13.0. The lowest BCUT2D eigenvalue weighted by molar-refractivity contribution is -0.389. The van der Waals surface area contributed by atoms with Gasteiger partial charge in [0.25, 0.3) is 0 Å². The largest absolute Gasteiger partial charge is 0.392 e. The van der Waals surface area contributed by atoms with Crippen LogP contribution in [0, 0.1) is 16.0 Å². The minimum absolute atomic E-state index is 0.129. The van der Waals surface area contributed by atoms with Crippen molar-refractivity contribution in [1.82, 2.24) is 14.7 Å². The molecule has 0 aromatic carbocycles. The molecule has 1 aliphatic carbocycles. The Balaban J connectivity index is 1.73. The van der Waals surface area contributed by atoms with Gasteiger partial charge in [0.05, 0.1) is 30.0 Å². The van der Waals surface area contributed by atoms with Gasteiger partial charge in [0.1, 0.15) is 0 Å². The van der Waals surface area contributed by atoms with Gasteiger partial charge in [0, 0.05) is 13.1 Å². The molecule has 18 heavy (non-hydrogen) atoms. The van der Waals surface area contributed by atoms with E-state index in [1.165, 1.54) is 6.07 Å². The monoisotopic (exact) mass is 254 g/mol. The fraction of sp³-hybridized carbons (Fsp3) is 0.727. The van der Waals surface area contributed by atoms with Crippen LogP contribution in [0.25, 0.3) is 0 Å². The van der Waals surface area contributed by atoms with Crippen molar-refractivity contribution in [2.24, 2.45) is 5.92 Å². The summed E-state index contributed by atoms with van der Waals surface area (Å²) >= 11 is 0. The third-order valence-corrected chi connectivity index (χ3v) is 3.19. The zero-order valence-corrected chi connectivity index (χ0v) is 10.4. The first-order valence-electron chi connectivity index (χ1n) is 6.10. The Hall–Kier alpha value is -1.47. The lowest BCUT2D eigenvalue weighted by Crippen LogP contribution is -2.32. The van der Waals surface area contributed by atoms with Crippen molar-refractivity contribution in [3.05, 3.63) is 22.4 Å². The number of aliphatic hydroxyl groups is 1. The van der Waals surface area contributed by atoms with E-state index in [2.05, 4.69) is 5.10 Å². The fourth-order valence-electron chi connectivity index (χ4n) is 1.89. The number of nitro groups is 1.